The molecule has 0 aromatic carbocycles. The fourth-order valence-corrected chi connectivity index (χ4v) is 2.17. The second kappa shape index (κ2) is 8.41. The number of carbonyl (C=O) groups is 1. The summed E-state index contributed by atoms with van der Waals surface area (Å²) >= 11 is 5.55. The molecule has 1 saturated heterocycles. The highest BCUT2D eigenvalue weighted by atomic mass is 35.5. The van der Waals surface area contributed by atoms with E-state index in [0.717, 1.165) is 4.90 Å². The number of halogens is 1. The molecule has 1 rings (SSSR count). The molecule has 4 N–H and O–H groups in total. The van der Waals surface area contributed by atoms with Gasteiger partial charge in [0, 0.05) is 19.5 Å². The van der Waals surface area contributed by atoms with Gasteiger partial charge in [0.05, 0.1) is 11.8 Å². The minimum absolute atomic E-state index is 0.0613. The lowest BCUT2D eigenvalue weighted by Crippen LogP contribution is -2.61. The Bertz CT molecular complexity index is 360. The van der Waals surface area contributed by atoms with E-state index in [0.29, 0.717) is 0 Å². The van der Waals surface area contributed by atoms with Crippen LogP contribution in [-0.4, -0.2) is 83.0 Å². The molecule has 1 aliphatic heterocycles. The summed E-state index contributed by atoms with van der Waals surface area (Å²) in [5, 5.41) is 31.5. The second-order valence-corrected chi connectivity index (χ2v) is 4.77. The Balaban J connectivity index is 2.76. The Morgan fingerprint density at radius 3 is 2.57 bits per heavy atom. The van der Waals surface area contributed by atoms with Crippen molar-refractivity contribution in [2.24, 2.45) is 5.29 Å². The summed E-state index contributed by atoms with van der Waals surface area (Å²) in [6.45, 7) is -0.120. The van der Waals surface area contributed by atoms with Crippen LogP contribution in [0.25, 0.3) is 0 Å². The maximum Gasteiger partial charge on any atom is 0.340 e. The zero-order valence-electron chi connectivity index (χ0n) is 11.3. The first-order valence-corrected chi connectivity index (χ1v) is 6.65. The highest BCUT2D eigenvalue weighted by Gasteiger charge is 2.44. The lowest BCUT2D eigenvalue weighted by atomic mass is 9.98. The van der Waals surface area contributed by atoms with Crippen LogP contribution in [0.2, 0.25) is 0 Å². The molecule has 0 saturated carbocycles. The minimum Gasteiger partial charge on any atom is -0.388 e. The molecule has 10 nitrogen and oxygen atoms in total. The van der Waals surface area contributed by atoms with Gasteiger partial charge in [-0.3, -0.25) is 0 Å². The third-order valence-corrected chi connectivity index (χ3v) is 3.25. The lowest BCUT2D eigenvalue weighted by Gasteiger charge is -2.41. The van der Waals surface area contributed by atoms with Crippen molar-refractivity contribution in [3.8, 4) is 0 Å². The number of urea groups is 1. The van der Waals surface area contributed by atoms with E-state index in [9.17, 15) is 25.0 Å². The Morgan fingerprint density at radius 2 is 2.05 bits per heavy atom. The molecule has 0 spiro atoms. The number of nitrogens with one attached hydrogen (secondary N) is 1. The Hall–Kier alpha value is -1.04. The third kappa shape index (κ3) is 4.46. The van der Waals surface area contributed by atoms with Crippen molar-refractivity contribution in [3.63, 3.8) is 0 Å². The molecule has 0 aromatic heterocycles. The summed E-state index contributed by atoms with van der Waals surface area (Å²) in [5.41, 5.74) is 1.70. The van der Waals surface area contributed by atoms with Gasteiger partial charge in [-0.1, -0.05) is 0 Å². The van der Waals surface area contributed by atoms with Crippen LogP contribution in [0.1, 0.15) is 0 Å². The topological polar surface area (TPSA) is 141 Å². The molecule has 0 bridgehead atoms. The number of hydrogen-bond acceptors (Lipinski definition) is 8. The molecule has 122 valence electrons. The number of ether oxygens (including phenoxy) is 2. The molecule has 0 aliphatic carbocycles. The Morgan fingerprint density at radius 1 is 1.38 bits per heavy atom. The third-order valence-electron chi connectivity index (χ3n) is 3.08. The molecule has 2 amide bonds. The Kier molecular flexibility index (Phi) is 7.22. The van der Waals surface area contributed by atoms with Crippen LogP contribution in [0, 0.1) is 4.91 Å². The first kappa shape index (κ1) is 18.0. The molecular formula is C10H18ClN3O7. The maximum atomic E-state index is 11.6. The molecule has 0 radical (unpaired) electrons. The first-order chi connectivity index (χ1) is 9.96. The number of aliphatic hydroxyl groups excluding tert-OH is 3. The van der Waals surface area contributed by atoms with E-state index >= 15 is 0 Å². The smallest absolute Gasteiger partial charge is 0.340 e. The van der Waals surface area contributed by atoms with Gasteiger partial charge in [-0.25, -0.2) is 4.79 Å². The zero-order valence-corrected chi connectivity index (χ0v) is 12.0. The van der Waals surface area contributed by atoms with Crippen molar-refractivity contribution in [2.75, 3.05) is 26.1 Å². The van der Waals surface area contributed by atoms with Gasteiger partial charge in [-0.2, -0.15) is 5.43 Å². The SMILES string of the molecule is COC1O[C@H](CN(CCCl)C(=O)NN=O)[C@@H](O)[C@H](O)[C@H]1O. The number of carbonyl (C=O) groups excluding carboxylic acids is 1. The fourth-order valence-electron chi connectivity index (χ4n) is 1.97. The highest BCUT2D eigenvalue weighted by Crippen LogP contribution is 2.22. The van der Waals surface area contributed by atoms with Gasteiger partial charge in [0.25, 0.3) is 0 Å². The average molecular weight is 328 g/mol. The molecule has 21 heavy (non-hydrogen) atoms. The van der Waals surface area contributed by atoms with E-state index in [1.165, 1.54) is 7.11 Å². The summed E-state index contributed by atoms with van der Waals surface area (Å²) in [4.78, 5) is 22.7. The zero-order chi connectivity index (χ0) is 16.0. The van der Waals surface area contributed by atoms with Crippen LogP contribution in [-0.2, 0) is 9.47 Å². The number of methoxy groups -OCH3 is 1. The molecule has 1 fully saturated rings. The number of rotatable bonds is 6. The van der Waals surface area contributed by atoms with Crippen LogP contribution in [0.4, 0.5) is 4.79 Å². The van der Waals surface area contributed by atoms with Gasteiger partial charge in [0.2, 0.25) is 0 Å². The average Bonchev–Trinajstić information content (AvgIpc) is 2.47. The van der Waals surface area contributed by atoms with Crippen LogP contribution in [0.15, 0.2) is 5.29 Å². The highest BCUT2D eigenvalue weighted by molar-refractivity contribution is 6.18. The molecule has 1 aliphatic rings. The summed E-state index contributed by atoms with van der Waals surface area (Å²) < 4.78 is 10.1. The molecule has 0 aromatic rings. The van der Waals surface area contributed by atoms with Crippen molar-refractivity contribution in [1.29, 1.82) is 0 Å². The van der Waals surface area contributed by atoms with Crippen molar-refractivity contribution < 1.29 is 29.6 Å². The largest absolute Gasteiger partial charge is 0.388 e. The standard InChI is InChI=1S/C10H18ClN3O7/c1-20-9-8(17)7(16)6(15)5(21-9)4-14(3-2-11)10(18)12-13-19/h5-9,15-17H,2-4H2,1H3,(H,12,18,19)/t5-,6-,7+,8-,9?/m1/s1. The molecule has 1 unspecified atom stereocenters. The fraction of sp³-hybridized carbons (Fsp3) is 0.900. The summed E-state index contributed by atoms with van der Waals surface area (Å²) in [6.07, 6.45) is -6.55. The minimum atomic E-state index is -1.50. The maximum absolute atomic E-state index is 11.6. The van der Waals surface area contributed by atoms with Crippen LogP contribution in [0.5, 0.6) is 0 Å². The van der Waals surface area contributed by atoms with E-state index in [2.05, 4.69) is 5.29 Å². The monoisotopic (exact) mass is 327 g/mol. The summed E-state index contributed by atoms with van der Waals surface area (Å²) in [5.74, 6) is 0.0774. The van der Waals surface area contributed by atoms with Gasteiger partial charge in [-0.15, -0.1) is 16.5 Å². The van der Waals surface area contributed by atoms with E-state index in [4.69, 9.17) is 21.1 Å². The molecular weight excluding hydrogens is 310 g/mol. The van der Waals surface area contributed by atoms with Crippen molar-refractivity contribution in [1.82, 2.24) is 10.3 Å². The van der Waals surface area contributed by atoms with Crippen molar-refractivity contribution in [3.05, 3.63) is 4.91 Å². The quantitative estimate of drug-likeness (QED) is 0.261. The number of nitrogens with zero attached hydrogens (tertiary/aromatic N) is 2. The van der Waals surface area contributed by atoms with E-state index in [1.54, 1.807) is 5.43 Å². The van der Waals surface area contributed by atoms with Crippen LogP contribution < -0.4 is 5.43 Å². The molecule has 11 heteroatoms. The van der Waals surface area contributed by atoms with E-state index in [1.807, 2.05) is 0 Å². The number of hydrogen-bond donors (Lipinski definition) is 4. The lowest BCUT2D eigenvalue weighted by molar-refractivity contribution is -0.290. The number of aliphatic hydroxyl groups is 3. The number of alkyl halides is 1. The predicted octanol–water partition coefficient (Wildman–Crippen LogP) is -1.63. The van der Waals surface area contributed by atoms with E-state index < -0.39 is 36.7 Å². The second-order valence-electron chi connectivity index (χ2n) is 4.39. The van der Waals surface area contributed by atoms with Crippen LogP contribution >= 0.6 is 11.6 Å². The number of nitroso groups, excluding NO2 is 1. The van der Waals surface area contributed by atoms with Crippen molar-refractivity contribution in [2.45, 2.75) is 30.7 Å². The first-order valence-electron chi connectivity index (χ1n) is 6.12. The molecule has 1 heterocycles. The Labute approximate surface area is 125 Å². The van der Waals surface area contributed by atoms with E-state index in [-0.39, 0.29) is 19.0 Å². The number of amides is 2. The van der Waals surface area contributed by atoms with Gasteiger partial charge in [-0.05, 0) is 0 Å². The van der Waals surface area contributed by atoms with Gasteiger partial charge >= 0.3 is 6.03 Å². The molecule has 5 atom stereocenters. The van der Waals surface area contributed by atoms with Gasteiger partial charge in [0.1, 0.15) is 24.4 Å². The predicted molar refractivity (Wildman–Crippen MR) is 70.3 cm³/mol. The van der Waals surface area contributed by atoms with Gasteiger partial charge < -0.3 is 29.7 Å². The summed E-state index contributed by atoms with van der Waals surface area (Å²) in [7, 11) is 1.26. The van der Waals surface area contributed by atoms with Crippen molar-refractivity contribution >= 4 is 17.6 Å². The summed E-state index contributed by atoms with van der Waals surface area (Å²) in [6, 6.07) is -0.823. The normalized spacial score (nSPS) is 32.5. The van der Waals surface area contributed by atoms with Crippen LogP contribution in [0.3, 0.4) is 0 Å². The van der Waals surface area contributed by atoms with Gasteiger partial charge in [0.15, 0.2) is 6.29 Å².